The number of nitrogens with zero attached hydrogens (tertiary/aromatic N) is 12. The van der Waals surface area contributed by atoms with Gasteiger partial charge in [0, 0.05) is 182 Å². The van der Waals surface area contributed by atoms with E-state index in [4.69, 9.17) is 10.8 Å². The lowest BCUT2D eigenvalue weighted by atomic mass is 9.85. The number of aliphatic hydroxyl groups is 4. The smallest absolute Gasteiger partial charge is 0.303 e. The minimum absolute atomic E-state index is 0. The van der Waals surface area contributed by atoms with Crippen LogP contribution in [0, 0.1) is 24.7 Å². The molecule has 0 bridgehead atoms. The number of rotatable bonds is 43. The average molecular weight is 2010 g/mol. The zero-order chi connectivity index (χ0) is 101. The number of hydrogen-bond acceptors (Lipinski definition) is 29. The summed E-state index contributed by atoms with van der Waals surface area (Å²) in [5.41, 5.74) is 19.5. The summed E-state index contributed by atoms with van der Waals surface area (Å²) in [5, 5.41) is 77.5. The van der Waals surface area contributed by atoms with Gasteiger partial charge in [-0.2, -0.15) is 0 Å². The molecule has 0 saturated carbocycles. The number of nitrogens with one attached hydrogen (secondary N) is 9. The van der Waals surface area contributed by atoms with Crippen LogP contribution in [-0.2, 0) is 77.4 Å². The van der Waals surface area contributed by atoms with Crippen molar-refractivity contribution in [3.05, 3.63) is 189 Å². The molecule has 8 atom stereocenters. The lowest BCUT2D eigenvalue weighted by Crippen LogP contribution is -2.57. The molecule has 8 aromatic rings. The Hall–Kier alpha value is -11.8. The number of fused-ring (bicyclic) bond motifs is 2. The normalized spacial score (nSPS) is 17.9. The van der Waals surface area contributed by atoms with E-state index in [9.17, 15) is 68.4 Å². The summed E-state index contributed by atoms with van der Waals surface area (Å²) in [6.07, 6.45) is 6.00. The molecule has 4 fully saturated rings. The number of aliphatic carboxylic acids is 1. The van der Waals surface area contributed by atoms with Crippen LogP contribution in [0.4, 0.5) is 11.6 Å². The lowest BCUT2D eigenvalue weighted by molar-refractivity contribution is -0.144. The van der Waals surface area contributed by atoms with Gasteiger partial charge in [0.05, 0.1) is 68.7 Å². The molecule has 10 heterocycles. The highest BCUT2D eigenvalue weighted by Gasteiger charge is 2.47. The molecular formula is C104H148N22O15S2. The topological polar surface area (TPSA) is 503 Å². The van der Waals surface area contributed by atoms with Gasteiger partial charge in [0.2, 0.25) is 41.4 Å². The number of aryl methyl sites for hydroxylation is 2. The van der Waals surface area contributed by atoms with Crippen molar-refractivity contribution in [1.29, 1.82) is 0 Å². The van der Waals surface area contributed by atoms with E-state index in [2.05, 4.69) is 134 Å². The van der Waals surface area contributed by atoms with Crippen molar-refractivity contribution in [2.24, 2.45) is 16.6 Å². The first-order valence-electron chi connectivity index (χ1n) is 49.0. The van der Waals surface area contributed by atoms with E-state index in [0.29, 0.717) is 95.3 Å². The van der Waals surface area contributed by atoms with Gasteiger partial charge in [0.25, 0.3) is 11.8 Å². The van der Waals surface area contributed by atoms with Crippen LogP contribution in [0.2, 0.25) is 0 Å². The third-order valence-electron chi connectivity index (χ3n) is 26.0. The van der Waals surface area contributed by atoms with Crippen LogP contribution in [0.25, 0.3) is 20.9 Å². The number of likely N-dealkylation sites (tertiary alicyclic amines) is 4. The molecule has 39 heteroatoms. The van der Waals surface area contributed by atoms with Gasteiger partial charge in [-0.25, -0.2) is 29.9 Å². The number of carboxylic acids is 1. The summed E-state index contributed by atoms with van der Waals surface area (Å²) >= 11 is 3.15. The SMILES string of the molecule is C.C.Cc1ncsc1-c1ccc(CNC(=O)[C@@H]2C[C@@H](O)CN2C(=O)[C@@H](NC(=O)CCCCCC(=O)NCCN2CC(Nc3cc(C(=O)NC[C@H](O)CN4CCc5ccccc5C4)ncn3)C2)C(C)(C)C)cc1.Cc1ncsc1-c1ccc(CNC(=O)[C@@H]2C[C@@H](O)CN2C(=O)[C@@H](NC(=O)CCCCCC(=O)O)C(C)(C)C)cc1.NCCN1CC(Nc2cc(C(=O)NC[C@H](O)CN3CCc4ccccc4C3)ncn2)C1. The van der Waals surface area contributed by atoms with Crippen LogP contribution < -0.4 is 53.6 Å². The molecule has 776 valence electrons. The van der Waals surface area contributed by atoms with Crippen LogP contribution in [0.3, 0.4) is 0 Å². The van der Waals surface area contributed by atoms with Crippen LogP contribution in [-0.4, -0.2) is 309 Å². The minimum atomic E-state index is -0.911. The van der Waals surface area contributed by atoms with Crippen molar-refractivity contribution < 1.29 is 73.5 Å². The Morgan fingerprint density at radius 2 is 0.860 bits per heavy atom. The summed E-state index contributed by atoms with van der Waals surface area (Å²) in [6.45, 7) is 26.3. The Labute approximate surface area is 847 Å². The predicted octanol–water partition coefficient (Wildman–Crippen LogP) is 7.24. The number of carbonyl (C=O) groups excluding carboxylic acids is 9. The molecule has 0 aliphatic carbocycles. The number of carbonyl (C=O) groups is 10. The molecule has 0 spiro atoms. The van der Waals surface area contributed by atoms with E-state index in [0.717, 1.165) is 115 Å². The molecule has 4 aromatic heterocycles. The standard InChI is InChI=1S/C51H69N11O7S.C29H40N4O6S.C22H31N7O2.2CH4/c1-33-46(70-32-57-33)36-16-14-34(15-17-36)24-53-49(68)42-22-39(63)30-62(42)50(69)47(51(2,3)4)59-45(66)13-7-5-6-12-44(65)52-19-21-61-27-38(28-61)58-43-23-41(55-31-56-43)48(67)54-25-40(64)29-60-20-18-35-10-8-9-11-37(35)26-60;1-18-25(40-17-31-18)20-12-10-19(11-13-20)15-30-27(38)22-14-21(34)16-33(22)28(39)26(29(2,3)4)32-23(35)8-6-5-7-9-24(36)37;23-6-8-29-12-18(13-29)27-21-9-20(25-15-26-21)22(31)24-10-19(30)14-28-7-5-16-3-1-2-4-17(16)11-28;;/h8-11,14-17,23,31-32,38-40,42,47,63-64H,5-7,12-13,18-22,24-30H2,1-4H3,(H,52,65)(H,53,68)(H,54,67)(H,59,66)(H,55,56,58);10-13,17,21-22,26,34H,5-9,14-16H2,1-4H3,(H,30,38)(H,32,35)(H,36,37);1-4,9,15,18-19,30H,5-8,10-14,23H2,(H,24,31)(H,25,26,27);2*1H4/t39-,40+,42+,47-;21-,22+,26-;19-;;/m110../s1. The lowest BCUT2D eigenvalue weighted by Gasteiger charge is -2.39. The van der Waals surface area contributed by atoms with E-state index in [1.54, 1.807) is 34.8 Å². The Balaban J connectivity index is 0.000000242. The van der Waals surface area contributed by atoms with Gasteiger partial charge in [-0.3, -0.25) is 67.5 Å². The van der Waals surface area contributed by atoms with Crippen LogP contribution >= 0.6 is 22.7 Å². The van der Waals surface area contributed by atoms with Gasteiger partial charge >= 0.3 is 5.97 Å². The number of anilines is 2. The summed E-state index contributed by atoms with van der Waals surface area (Å²) in [6, 6.07) is 32.6. The number of unbranched alkanes of at least 4 members (excludes halogenated alkanes) is 4. The maximum atomic E-state index is 14.0. The molecule has 16 N–H and O–H groups in total. The van der Waals surface area contributed by atoms with Gasteiger partial charge in [-0.05, 0) is 108 Å². The molecule has 14 rings (SSSR count). The van der Waals surface area contributed by atoms with E-state index in [1.807, 2.05) is 127 Å². The Kier molecular flexibility index (Phi) is 43.4. The first-order valence-corrected chi connectivity index (χ1v) is 50.7. The number of aliphatic hydroxyl groups excluding tert-OH is 4. The zero-order valence-electron chi connectivity index (χ0n) is 82.1. The number of thiazole rings is 2. The molecule has 6 aliphatic rings. The molecule has 0 radical (unpaired) electrons. The molecule has 0 unspecified atom stereocenters. The zero-order valence-corrected chi connectivity index (χ0v) is 83.7. The first-order chi connectivity index (χ1) is 67.6. The second-order valence-electron chi connectivity index (χ2n) is 39.6. The van der Waals surface area contributed by atoms with Crippen LogP contribution in [0.1, 0.15) is 199 Å². The monoisotopic (exact) mass is 2010 g/mol. The maximum Gasteiger partial charge on any atom is 0.303 e. The molecule has 9 amide bonds. The third-order valence-corrected chi connectivity index (χ3v) is 27.9. The minimum Gasteiger partial charge on any atom is -0.481 e. The third kappa shape index (κ3) is 34.5. The van der Waals surface area contributed by atoms with E-state index >= 15 is 0 Å². The van der Waals surface area contributed by atoms with E-state index < -0.39 is 77.2 Å². The molecule has 4 saturated heterocycles. The average Bonchev–Trinajstić information content (AvgIpc) is 1.67. The van der Waals surface area contributed by atoms with Gasteiger partial charge in [-0.15, -0.1) is 22.7 Å². The second kappa shape index (κ2) is 54.8. The molecule has 6 aliphatic heterocycles. The number of hydrogen-bond donors (Lipinski definition) is 15. The number of benzene rings is 4. The largest absolute Gasteiger partial charge is 0.481 e. The molecule has 37 nitrogen and oxygen atoms in total. The van der Waals surface area contributed by atoms with Gasteiger partial charge in [-0.1, -0.05) is 166 Å². The van der Waals surface area contributed by atoms with Gasteiger partial charge in [0.15, 0.2) is 0 Å². The second-order valence-corrected chi connectivity index (χ2v) is 41.3. The fourth-order valence-corrected chi connectivity index (χ4v) is 19.7. The van der Waals surface area contributed by atoms with E-state index in [1.165, 1.54) is 44.7 Å². The van der Waals surface area contributed by atoms with Crippen molar-refractivity contribution in [3.63, 3.8) is 0 Å². The number of β-amino-alcohol motifs (C(OH)–C–C–N with tert-alkyl or cyclic N) is 4. The first kappa shape index (κ1) is 113. The highest BCUT2D eigenvalue weighted by atomic mass is 32.1. The van der Waals surface area contributed by atoms with Crippen molar-refractivity contribution in [2.75, 3.05) is 115 Å². The van der Waals surface area contributed by atoms with Crippen molar-refractivity contribution in [2.45, 2.75) is 247 Å². The van der Waals surface area contributed by atoms with Crippen LogP contribution in [0.15, 0.2) is 133 Å². The highest BCUT2D eigenvalue weighted by Crippen LogP contribution is 2.33. The summed E-state index contributed by atoms with van der Waals surface area (Å²) < 4.78 is 0. The molecular weight excluding hydrogens is 1860 g/mol. The molecule has 4 aromatic carbocycles. The van der Waals surface area contributed by atoms with Crippen LogP contribution in [0.5, 0.6) is 0 Å². The quantitative estimate of drug-likeness (QED) is 0.0167. The maximum absolute atomic E-state index is 14.0. The van der Waals surface area contributed by atoms with Gasteiger partial charge < -0.3 is 88.9 Å². The van der Waals surface area contributed by atoms with Crippen molar-refractivity contribution in [1.82, 2.24) is 96.5 Å². The summed E-state index contributed by atoms with van der Waals surface area (Å²) in [7, 11) is 0. The summed E-state index contributed by atoms with van der Waals surface area (Å²) in [4.78, 5) is 168. The van der Waals surface area contributed by atoms with Crippen molar-refractivity contribution >= 4 is 93.4 Å². The number of carboxylic acid groups (broad SMARTS) is 1. The highest BCUT2D eigenvalue weighted by molar-refractivity contribution is 7.13. The van der Waals surface area contributed by atoms with Crippen molar-refractivity contribution in [3.8, 4) is 20.9 Å². The Morgan fingerprint density at radius 1 is 0.469 bits per heavy atom. The number of amides is 9. The Bertz CT molecular complexity index is 5490. The van der Waals surface area contributed by atoms with Gasteiger partial charge in [0.1, 0.15) is 59.8 Å². The number of aromatic nitrogens is 6. The predicted molar refractivity (Wildman–Crippen MR) is 552 cm³/mol. The fourth-order valence-electron chi connectivity index (χ4n) is 18.1. The van der Waals surface area contributed by atoms with E-state index in [-0.39, 0.29) is 145 Å². The number of nitrogens with two attached hydrogens (primary N) is 1. The molecule has 143 heavy (non-hydrogen) atoms. The fraction of sp³-hybridized carbons (Fsp3) is 0.538. The Morgan fingerprint density at radius 3 is 1.24 bits per heavy atom. The summed E-state index contributed by atoms with van der Waals surface area (Å²) in [5.74, 6) is -2.56.